The van der Waals surface area contributed by atoms with Crippen LogP contribution in [-0.4, -0.2) is 161 Å². The fourth-order valence-electron chi connectivity index (χ4n) is 9.08. The van der Waals surface area contributed by atoms with Crippen LogP contribution in [0, 0.1) is 23.7 Å². The summed E-state index contributed by atoms with van der Waals surface area (Å²) in [6, 6.07) is -0.433. The number of rotatable bonds is 12. The van der Waals surface area contributed by atoms with Gasteiger partial charge in [0.2, 0.25) is 0 Å². The number of hydrogen-bond acceptors (Lipinski definition) is 17. The number of carbonyl (C=O) groups is 4. The van der Waals surface area contributed by atoms with E-state index in [0.717, 1.165) is 0 Å². The standard InChI is InChI=1S/C43H75NO16/c1-15-29-43(11,52)36(48)24(5)33(47)22(3)20-41(9,51)38(25(6)34(26(7)39(50)57-29)59-32-21-42(10,53-14)37(49)27(8)56-32)60-40-35(28(44(12)13)19-23(4)55-40)58-31(46)17-18-54-30(45)16-2/h22-29,32,34-38,40,48-49,51-52H,15-21H2,1-14H3/t22-,23-,24+,25+,26-,27-,28+,29-,32-,34+,35-,36-,37-,38-,40-,41-,42+,43-/m1/s1. The van der Waals surface area contributed by atoms with Crippen molar-refractivity contribution in [3.8, 4) is 0 Å². The van der Waals surface area contributed by atoms with Crippen molar-refractivity contribution >= 4 is 23.7 Å². The molecule has 348 valence electrons. The van der Waals surface area contributed by atoms with Crippen LogP contribution in [0.4, 0.5) is 0 Å². The number of methoxy groups -OCH3 is 1. The number of ether oxygens (including phenoxy) is 8. The molecule has 3 aliphatic rings. The second-order valence-corrected chi connectivity index (χ2v) is 18.3. The Morgan fingerprint density at radius 2 is 1.50 bits per heavy atom. The van der Waals surface area contributed by atoms with E-state index in [1.54, 1.807) is 48.5 Å². The predicted octanol–water partition coefficient (Wildman–Crippen LogP) is 2.68. The number of carbonyl (C=O) groups excluding carboxylic acids is 4. The average molecular weight is 862 g/mol. The van der Waals surface area contributed by atoms with Crippen molar-refractivity contribution in [1.82, 2.24) is 4.90 Å². The van der Waals surface area contributed by atoms with Gasteiger partial charge in [-0.05, 0) is 74.9 Å². The Balaban J connectivity index is 2.21. The first-order chi connectivity index (χ1) is 27.8. The molecule has 0 radical (unpaired) electrons. The molecule has 0 aromatic carbocycles. The lowest BCUT2D eigenvalue weighted by Crippen LogP contribution is -2.61. The van der Waals surface area contributed by atoms with Gasteiger partial charge in [0.1, 0.15) is 30.2 Å². The third-order valence-electron chi connectivity index (χ3n) is 12.9. The second-order valence-electron chi connectivity index (χ2n) is 18.3. The van der Waals surface area contributed by atoms with Crippen LogP contribution in [0.3, 0.4) is 0 Å². The van der Waals surface area contributed by atoms with Crippen LogP contribution in [0.1, 0.15) is 115 Å². The van der Waals surface area contributed by atoms with Crippen molar-refractivity contribution in [1.29, 1.82) is 0 Å². The average Bonchev–Trinajstić information content (AvgIpc) is 3.18. The van der Waals surface area contributed by atoms with Crippen molar-refractivity contribution in [2.75, 3.05) is 27.8 Å². The topological polar surface area (TPSA) is 226 Å². The fourth-order valence-corrected chi connectivity index (χ4v) is 9.08. The number of hydrogen-bond donors (Lipinski definition) is 4. The molecule has 0 bridgehead atoms. The van der Waals surface area contributed by atoms with Crippen LogP contribution < -0.4 is 0 Å². The van der Waals surface area contributed by atoms with E-state index in [1.165, 1.54) is 27.9 Å². The quantitative estimate of drug-likeness (QED) is 0.163. The third kappa shape index (κ3) is 12.2. The summed E-state index contributed by atoms with van der Waals surface area (Å²) in [5, 5.41) is 46.8. The van der Waals surface area contributed by atoms with Crippen molar-refractivity contribution in [2.24, 2.45) is 23.7 Å². The molecule has 0 aliphatic carbocycles. The zero-order chi connectivity index (χ0) is 45.7. The van der Waals surface area contributed by atoms with E-state index in [-0.39, 0.29) is 38.7 Å². The number of cyclic esters (lactones) is 1. The lowest BCUT2D eigenvalue weighted by molar-refractivity contribution is -0.319. The molecule has 18 atom stereocenters. The lowest BCUT2D eigenvalue weighted by Gasteiger charge is -2.49. The largest absolute Gasteiger partial charge is 0.465 e. The molecule has 17 nitrogen and oxygen atoms in total. The summed E-state index contributed by atoms with van der Waals surface area (Å²) >= 11 is 0. The summed E-state index contributed by atoms with van der Waals surface area (Å²) in [5.74, 6) is -6.51. The predicted molar refractivity (Wildman–Crippen MR) is 216 cm³/mol. The second kappa shape index (κ2) is 21.4. The molecular formula is C43H75NO16. The third-order valence-corrected chi connectivity index (χ3v) is 12.9. The number of esters is 3. The Morgan fingerprint density at radius 1 is 0.867 bits per heavy atom. The van der Waals surface area contributed by atoms with E-state index in [1.807, 2.05) is 25.9 Å². The number of aliphatic hydroxyl groups is 4. The molecular weight excluding hydrogens is 786 g/mol. The molecule has 0 aromatic heterocycles. The summed E-state index contributed by atoms with van der Waals surface area (Å²) in [6.07, 6.45) is -10.7. The van der Waals surface area contributed by atoms with Crippen molar-refractivity contribution < 1.29 is 77.5 Å². The maximum atomic E-state index is 14.3. The number of likely N-dealkylation sites (N-methyl/N-ethyl adjacent to an activating group) is 1. The van der Waals surface area contributed by atoms with Crippen LogP contribution in [-0.2, 0) is 57.1 Å². The Kier molecular flexibility index (Phi) is 18.5. The van der Waals surface area contributed by atoms with Crippen LogP contribution in [0.25, 0.3) is 0 Å². The van der Waals surface area contributed by atoms with E-state index >= 15 is 0 Å². The van der Waals surface area contributed by atoms with Crippen molar-refractivity contribution in [2.45, 2.75) is 199 Å². The van der Waals surface area contributed by atoms with Crippen molar-refractivity contribution in [3.05, 3.63) is 0 Å². The van der Waals surface area contributed by atoms with Gasteiger partial charge in [0.05, 0.1) is 60.1 Å². The smallest absolute Gasteiger partial charge is 0.311 e. The van der Waals surface area contributed by atoms with Gasteiger partial charge < -0.3 is 63.2 Å². The Morgan fingerprint density at radius 3 is 2.07 bits per heavy atom. The van der Waals surface area contributed by atoms with E-state index in [4.69, 9.17) is 37.9 Å². The van der Waals surface area contributed by atoms with Crippen LogP contribution in [0.5, 0.6) is 0 Å². The zero-order valence-electron chi connectivity index (χ0n) is 38.2. The lowest BCUT2D eigenvalue weighted by atomic mass is 9.74. The summed E-state index contributed by atoms with van der Waals surface area (Å²) in [7, 11) is 5.10. The highest BCUT2D eigenvalue weighted by Crippen LogP contribution is 2.41. The molecule has 0 saturated carbocycles. The molecule has 3 heterocycles. The minimum absolute atomic E-state index is 0.0448. The summed E-state index contributed by atoms with van der Waals surface area (Å²) in [4.78, 5) is 55.3. The molecule has 3 aliphatic heterocycles. The minimum atomic E-state index is -2.04. The molecule has 60 heavy (non-hydrogen) atoms. The van der Waals surface area contributed by atoms with Crippen molar-refractivity contribution in [3.63, 3.8) is 0 Å². The molecule has 0 aromatic rings. The fraction of sp³-hybridized carbons (Fsp3) is 0.907. The summed E-state index contributed by atoms with van der Waals surface area (Å²) < 4.78 is 48.9. The van der Waals surface area contributed by atoms with Gasteiger partial charge in [0.15, 0.2) is 18.7 Å². The summed E-state index contributed by atoms with van der Waals surface area (Å²) in [5.41, 5.74) is -5.05. The zero-order valence-corrected chi connectivity index (χ0v) is 38.2. The first-order valence-corrected chi connectivity index (χ1v) is 21.5. The van der Waals surface area contributed by atoms with Gasteiger partial charge in [-0.15, -0.1) is 0 Å². The Bertz CT molecular complexity index is 1440. The van der Waals surface area contributed by atoms with Gasteiger partial charge in [-0.25, -0.2) is 0 Å². The van der Waals surface area contributed by atoms with Crippen LogP contribution >= 0.6 is 0 Å². The molecule has 0 unspecified atom stereocenters. The number of Topliss-reactive ketones (excluding diaryl/α,β-unsaturated/α-hetero) is 1. The van der Waals surface area contributed by atoms with E-state index in [2.05, 4.69) is 0 Å². The number of aliphatic hydroxyl groups excluding tert-OH is 2. The maximum Gasteiger partial charge on any atom is 0.311 e. The van der Waals surface area contributed by atoms with Gasteiger partial charge in [-0.1, -0.05) is 34.6 Å². The number of nitrogens with zero attached hydrogens (tertiary/aromatic N) is 1. The Hall–Kier alpha value is -2.32. The highest BCUT2D eigenvalue weighted by Gasteiger charge is 2.54. The van der Waals surface area contributed by atoms with Gasteiger partial charge in [0, 0.05) is 37.7 Å². The normalized spacial score (nSPS) is 43.8. The maximum absolute atomic E-state index is 14.3. The van der Waals surface area contributed by atoms with Gasteiger partial charge in [-0.3, -0.25) is 19.2 Å². The number of ketones is 1. The molecule has 0 amide bonds. The van der Waals surface area contributed by atoms with E-state index < -0.39 is 132 Å². The first kappa shape index (κ1) is 52.0. The molecule has 4 N–H and O–H groups in total. The van der Waals surface area contributed by atoms with E-state index in [0.29, 0.717) is 6.42 Å². The Labute approximate surface area is 356 Å². The SMILES string of the molecule is CCC(=O)OCCC(=O)O[C@H]1[C@@H](O[C@@H]2[C@@H](C)[C@H](O[C@@H]3C[C@](C)(OC)[C@H](O)[C@@H](C)O3)[C@@H](C)C(=O)O[C@H](CC)[C@@](C)(O)[C@H](O)[C@@H](C)C(=O)[C@H](C)C[C@@]2(C)O)O[C@H](C)C[C@@H]1N(C)C. The molecule has 3 rings (SSSR count). The van der Waals surface area contributed by atoms with Gasteiger partial charge in [-0.2, -0.15) is 0 Å². The summed E-state index contributed by atoms with van der Waals surface area (Å²) in [6.45, 7) is 17.5. The van der Waals surface area contributed by atoms with Gasteiger partial charge in [0.25, 0.3) is 0 Å². The van der Waals surface area contributed by atoms with E-state index in [9.17, 15) is 39.6 Å². The minimum Gasteiger partial charge on any atom is -0.465 e. The highest BCUT2D eigenvalue weighted by molar-refractivity contribution is 5.83. The highest BCUT2D eigenvalue weighted by atomic mass is 16.7. The first-order valence-electron chi connectivity index (χ1n) is 21.5. The molecule has 0 spiro atoms. The molecule has 3 fully saturated rings. The monoisotopic (exact) mass is 862 g/mol. The van der Waals surface area contributed by atoms with Crippen LogP contribution in [0.2, 0.25) is 0 Å². The van der Waals surface area contributed by atoms with Crippen LogP contribution in [0.15, 0.2) is 0 Å². The molecule has 17 heteroatoms. The van der Waals surface area contributed by atoms with Gasteiger partial charge >= 0.3 is 17.9 Å². The molecule has 3 saturated heterocycles.